The number of rotatable bonds is 17. The number of aromatic nitrogens is 1. The van der Waals surface area contributed by atoms with Crippen LogP contribution in [0, 0.1) is 0 Å². The molecule has 0 atom stereocenters. The van der Waals surface area contributed by atoms with Gasteiger partial charge in [-0.3, -0.25) is 4.98 Å². The van der Waals surface area contributed by atoms with Crippen LogP contribution >= 0.6 is 11.3 Å². The Bertz CT molecular complexity index is 579. The summed E-state index contributed by atoms with van der Waals surface area (Å²) >= 11 is 1.67. The Balaban J connectivity index is 1.36. The highest BCUT2D eigenvalue weighted by Gasteiger charge is 2.00. The third-order valence-corrected chi connectivity index (χ3v) is 6.16. The van der Waals surface area contributed by atoms with Crippen LogP contribution in [0.5, 0.6) is 5.75 Å². The van der Waals surface area contributed by atoms with Crippen LogP contribution in [0.15, 0.2) is 36.0 Å². The SMILES string of the molecule is CCCCCCCCCCCCCCCCOc1ccc(-c2cncs2)cc1. The van der Waals surface area contributed by atoms with Gasteiger partial charge in [-0.05, 0) is 36.2 Å². The molecule has 0 amide bonds. The molecule has 2 aromatic rings. The first-order valence-corrected chi connectivity index (χ1v) is 12.4. The van der Waals surface area contributed by atoms with Gasteiger partial charge in [-0.1, -0.05) is 90.4 Å². The van der Waals surface area contributed by atoms with E-state index in [0.717, 1.165) is 18.8 Å². The summed E-state index contributed by atoms with van der Waals surface area (Å²) < 4.78 is 5.87. The van der Waals surface area contributed by atoms with Gasteiger partial charge >= 0.3 is 0 Å². The molecule has 1 heterocycles. The molecule has 0 saturated heterocycles. The highest BCUT2D eigenvalue weighted by Crippen LogP contribution is 2.25. The third kappa shape index (κ3) is 10.3. The second-order valence-electron chi connectivity index (χ2n) is 7.83. The smallest absolute Gasteiger partial charge is 0.119 e. The Morgan fingerprint density at radius 3 is 1.75 bits per heavy atom. The van der Waals surface area contributed by atoms with Gasteiger partial charge in [-0.25, -0.2) is 0 Å². The van der Waals surface area contributed by atoms with Gasteiger partial charge in [0, 0.05) is 6.20 Å². The normalized spacial score (nSPS) is 11.0. The minimum atomic E-state index is 0.831. The van der Waals surface area contributed by atoms with Gasteiger partial charge in [0.15, 0.2) is 0 Å². The van der Waals surface area contributed by atoms with Crippen LogP contribution in [0.2, 0.25) is 0 Å². The van der Waals surface area contributed by atoms with Crippen molar-refractivity contribution in [3.8, 4) is 16.2 Å². The van der Waals surface area contributed by atoms with E-state index in [-0.39, 0.29) is 0 Å². The zero-order valence-corrected chi connectivity index (χ0v) is 18.7. The van der Waals surface area contributed by atoms with E-state index in [1.165, 1.54) is 93.9 Å². The minimum absolute atomic E-state index is 0.831. The molecule has 3 heteroatoms. The monoisotopic (exact) mass is 401 g/mol. The number of ether oxygens (including phenoxy) is 1. The second kappa shape index (κ2) is 15.6. The lowest BCUT2D eigenvalue weighted by Gasteiger charge is -2.07. The van der Waals surface area contributed by atoms with Gasteiger partial charge in [0.25, 0.3) is 0 Å². The maximum absolute atomic E-state index is 5.87. The summed E-state index contributed by atoms with van der Waals surface area (Å²) in [6.07, 6.45) is 21.4. The van der Waals surface area contributed by atoms with Crippen molar-refractivity contribution in [1.82, 2.24) is 4.98 Å². The van der Waals surface area contributed by atoms with Gasteiger partial charge in [0.05, 0.1) is 17.0 Å². The molecule has 0 aliphatic carbocycles. The van der Waals surface area contributed by atoms with E-state index >= 15 is 0 Å². The summed E-state index contributed by atoms with van der Waals surface area (Å²) in [5.74, 6) is 0.975. The molecule has 0 aliphatic heterocycles. The Kier molecular flexibility index (Phi) is 12.7. The second-order valence-corrected chi connectivity index (χ2v) is 8.72. The van der Waals surface area contributed by atoms with Crippen molar-refractivity contribution in [3.05, 3.63) is 36.0 Å². The van der Waals surface area contributed by atoms with Crippen molar-refractivity contribution >= 4 is 11.3 Å². The maximum Gasteiger partial charge on any atom is 0.119 e. The first-order valence-electron chi connectivity index (χ1n) is 11.5. The summed E-state index contributed by atoms with van der Waals surface area (Å²) in [6, 6.07) is 8.37. The number of unbranched alkanes of at least 4 members (excludes halogenated alkanes) is 13. The van der Waals surface area contributed by atoms with E-state index in [1.807, 2.05) is 11.7 Å². The molecule has 2 nitrogen and oxygen atoms in total. The molecule has 0 spiro atoms. The van der Waals surface area contributed by atoms with Crippen molar-refractivity contribution in [1.29, 1.82) is 0 Å². The molecule has 0 saturated carbocycles. The van der Waals surface area contributed by atoms with E-state index in [2.05, 4.69) is 36.2 Å². The number of hydrogen-bond acceptors (Lipinski definition) is 3. The molecule has 28 heavy (non-hydrogen) atoms. The molecule has 156 valence electrons. The topological polar surface area (TPSA) is 22.1 Å². The zero-order chi connectivity index (χ0) is 19.7. The molecule has 2 rings (SSSR count). The van der Waals surface area contributed by atoms with E-state index < -0.39 is 0 Å². The fraction of sp³-hybridized carbons (Fsp3) is 0.640. The van der Waals surface area contributed by atoms with Crippen LogP contribution in [0.4, 0.5) is 0 Å². The summed E-state index contributed by atoms with van der Waals surface area (Å²) in [4.78, 5) is 5.34. The zero-order valence-electron chi connectivity index (χ0n) is 17.8. The molecule has 0 fully saturated rings. The summed E-state index contributed by atoms with van der Waals surface area (Å²) in [7, 11) is 0. The van der Waals surface area contributed by atoms with Crippen LogP contribution in [-0.4, -0.2) is 11.6 Å². The van der Waals surface area contributed by atoms with E-state index in [1.54, 1.807) is 11.3 Å². The Morgan fingerprint density at radius 2 is 1.25 bits per heavy atom. The first-order chi connectivity index (χ1) is 13.9. The average Bonchev–Trinajstić information content (AvgIpc) is 3.26. The average molecular weight is 402 g/mol. The lowest BCUT2D eigenvalue weighted by atomic mass is 10.0. The molecule has 0 bridgehead atoms. The summed E-state index contributed by atoms with van der Waals surface area (Å²) in [5, 5.41) is 0. The van der Waals surface area contributed by atoms with Crippen LogP contribution in [0.25, 0.3) is 10.4 Å². The Morgan fingerprint density at radius 1 is 0.714 bits per heavy atom. The molecular weight excluding hydrogens is 362 g/mol. The van der Waals surface area contributed by atoms with Crippen LogP contribution in [0.3, 0.4) is 0 Å². The van der Waals surface area contributed by atoms with Gasteiger partial charge in [0.1, 0.15) is 5.75 Å². The molecule has 0 N–H and O–H groups in total. The van der Waals surface area contributed by atoms with Crippen LogP contribution in [0.1, 0.15) is 96.8 Å². The van der Waals surface area contributed by atoms with Gasteiger partial charge < -0.3 is 4.74 Å². The van der Waals surface area contributed by atoms with Crippen molar-refractivity contribution in [3.63, 3.8) is 0 Å². The first kappa shape index (κ1) is 22.9. The number of hydrogen-bond donors (Lipinski definition) is 0. The van der Waals surface area contributed by atoms with Crippen molar-refractivity contribution in [2.75, 3.05) is 6.61 Å². The number of benzene rings is 1. The van der Waals surface area contributed by atoms with Crippen LogP contribution < -0.4 is 4.74 Å². The standard InChI is InChI=1S/C25H39NOS/c1-2-3-4-5-6-7-8-9-10-11-12-13-14-15-20-27-24-18-16-23(17-19-24)25-21-26-22-28-25/h16-19,21-22H,2-15,20H2,1H3. The van der Waals surface area contributed by atoms with Crippen LogP contribution in [-0.2, 0) is 0 Å². The predicted molar refractivity (Wildman–Crippen MR) is 123 cm³/mol. The van der Waals surface area contributed by atoms with Crippen molar-refractivity contribution in [2.45, 2.75) is 96.8 Å². The fourth-order valence-corrected chi connectivity index (χ4v) is 4.19. The maximum atomic E-state index is 5.87. The lowest BCUT2D eigenvalue weighted by Crippen LogP contribution is -1.97. The molecule has 1 aromatic heterocycles. The molecule has 0 radical (unpaired) electrons. The molecule has 0 unspecified atom stereocenters. The third-order valence-electron chi connectivity index (χ3n) is 5.34. The molecular formula is C25H39NOS. The highest BCUT2D eigenvalue weighted by molar-refractivity contribution is 7.13. The molecule has 0 aliphatic rings. The van der Waals surface area contributed by atoms with Gasteiger partial charge in [0.2, 0.25) is 0 Å². The quantitative estimate of drug-likeness (QED) is 0.247. The van der Waals surface area contributed by atoms with Gasteiger partial charge in [-0.2, -0.15) is 0 Å². The van der Waals surface area contributed by atoms with Gasteiger partial charge in [-0.15, -0.1) is 11.3 Å². The summed E-state index contributed by atoms with van der Waals surface area (Å²) in [5.41, 5.74) is 3.08. The highest BCUT2D eigenvalue weighted by atomic mass is 32.1. The number of thiazole rings is 1. The lowest BCUT2D eigenvalue weighted by molar-refractivity contribution is 0.304. The van der Waals surface area contributed by atoms with E-state index in [9.17, 15) is 0 Å². The van der Waals surface area contributed by atoms with Crippen molar-refractivity contribution in [2.24, 2.45) is 0 Å². The van der Waals surface area contributed by atoms with Crippen molar-refractivity contribution < 1.29 is 4.74 Å². The Hall–Kier alpha value is -1.35. The minimum Gasteiger partial charge on any atom is -0.494 e. The van der Waals surface area contributed by atoms with E-state index in [4.69, 9.17) is 4.74 Å². The number of nitrogens with zero attached hydrogens (tertiary/aromatic N) is 1. The Labute approximate surface area is 176 Å². The fourth-order valence-electron chi connectivity index (χ4n) is 3.56. The van der Waals surface area contributed by atoms with E-state index in [0.29, 0.717) is 0 Å². The summed E-state index contributed by atoms with van der Waals surface area (Å²) in [6.45, 7) is 3.12. The largest absolute Gasteiger partial charge is 0.494 e. The predicted octanol–water partition coefficient (Wildman–Crippen LogP) is 8.67. The molecule has 1 aromatic carbocycles.